The Morgan fingerprint density at radius 1 is 1.11 bits per heavy atom. The Bertz CT molecular complexity index is 28.1. The van der Waals surface area contributed by atoms with Crippen LogP contribution in [0.2, 0.25) is 0 Å². The van der Waals surface area contributed by atoms with Crippen LogP contribution in [-0.2, 0) is 16.3 Å². The maximum absolute atomic E-state index is 3.06. The van der Waals surface area contributed by atoms with Crippen LogP contribution in [0.5, 0.6) is 0 Å². The van der Waals surface area contributed by atoms with Gasteiger partial charge in [-0.15, -0.1) is 0 Å². The fourth-order valence-electron chi connectivity index (χ4n) is 0.553. The van der Waals surface area contributed by atoms with Crippen LogP contribution in [0.1, 0.15) is 39.5 Å². The van der Waals surface area contributed by atoms with E-state index in [2.05, 4.69) is 33.9 Å². The van der Waals surface area contributed by atoms with E-state index < -0.39 is 0 Å². The summed E-state index contributed by atoms with van der Waals surface area (Å²) in [4.78, 5) is 0. The monoisotopic (exact) mass is 242 g/mol. The van der Waals surface area contributed by atoms with Crippen molar-refractivity contribution in [2.45, 2.75) is 39.5 Å². The average molecular weight is 244 g/mol. The number of rotatable bonds is 4. The average Bonchev–Trinajstić information content (AvgIpc) is 1.94. The Morgan fingerprint density at radius 3 is 1.67 bits per heavy atom. The van der Waals surface area contributed by atoms with Crippen LogP contribution in [0.25, 0.3) is 0 Å². The normalized spacial score (nSPS) is 8.11. The quantitative estimate of drug-likeness (QED) is 0.402. The fraction of sp³-hybridized carbons (Fsp3) is 0.857. The molecule has 0 aliphatic rings. The molecule has 0 unspecified atom stereocenters. The van der Waals surface area contributed by atoms with Gasteiger partial charge in [-0.05, 0) is 0 Å². The molecule has 0 atom stereocenters. The van der Waals surface area contributed by atoms with Crippen LogP contribution < -0.4 is 0 Å². The molecule has 0 radical (unpaired) electrons. The number of hydrogen-bond donors (Lipinski definition) is 0. The summed E-state index contributed by atoms with van der Waals surface area (Å²) in [6.07, 6.45) is 7.57. The van der Waals surface area contributed by atoms with E-state index in [1.165, 1.54) is 42.0 Å². The SMILES string of the molecule is CCC[CH-]CCC.[Zn+][Br]. The van der Waals surface area contributed by atoms with Gasteiger partial charge in [0.05, 0.1) is 0 Å². The maximum atomic E-state index is 3.06. The molecule has 0 bridgehead atoms. The number of unbranched alkanes of at least 4 members (excludes halogenated alkanes) is 4. The summed E-state index contributed by atoms with van der Waals surface area (Å²) in [5.41, 5.74) is 0. The zero-order valence-electron chi connectivity index (χ0n) is 6.49. The van der Waals surface area contributed by atoms with Crippen LogP contribution in [-0.4, -0.2) is 0 Å². The summed E-state index contributed by atoms with van der Waals surface area (Å²) in [6, 6.07) is 0. The van der Waals surface area contributed by atoms with Crippen LogP contribution in [0, 0.1) is 6.42 Å². The minimum atomic E-state index is 1.19. The first-order valence-electron chi connectivity index (χ1n) is 3.50. The first kappa shape index (κ1) is 12.8. The molecule has 0 nitrogen and oxygen atoms in total. The third-order valence-electron chi connectivity index (χ3n) is 0.986. The van der Waals surface area contributed by atoms with Gasteiger partial charge < -0.3 is 6.42 Å². The van der Waals surface area contributed by atoms with Crippen LogP contribution >= 0.6 is 13.6 Å². The fourth-order valence-corrected chi connectivity index (χ4v) is 0.553. The molecule has 0 heterocycles. The molecule has 0 aliphatic carbocycles. The molecule has 0 saturated carbocycles. The predicted octanol–water partition coefficient (Wildman–Crippen LogP) is 3.63. The predicted molar refractivity (Wildman–Crippen MR) is 43.0 cm³/mol. The van der Waals surface area contributed by atoms with Gasteiger partial charge in [-0.1, -0.05) is 26.7 Å². The molecule has 0 spiro atoms. The summed E-state index contributed by atoms with van der Waals surface area (Å²) >= 11 is 4.25. The van der Waals surface area contributed by atoms with Crippen molar-refractivity contribution in [3.63, 3.8) is 0 Å². The first-order valence-corrected chi connectivity index (χ1v) is 10.4. The third-order valence-corrected chi connectivity index (χ3v) is 0.986. The summed E-state index contributed by atoms with van der Waals surface area (Å²) in [5, 5.41) is 0. The summed E-state index contributed by atoms with van der Waals surface area (Å²) < 4.78 is 0. The molecular formula is C7H15BrZn. The second-order valence-corrected chi connectivity index (χ2v) is 1.87. The van der Waals surface area contributed by atoms with E-state index in [-0.39, 0.29) is 0 Å². The Balaban J connectivity index is 0. The Morgan fingerprint density at radius 2 is 1.44 bits per heavy atom. The molecule has 0 saturated heterocycles. The second-order valence-electron chi connectivity index (χ2n) is 1.87. The summed E-state index contributed by atoms with van der Waals surface area (Å²) in [7, 11) is 0. The Kier molecular flexibility index (Phi) is 22.7. The van der Waals surface area contributed by atoms with Gasteiger partial charge >= 0.3 is 30.0 Å². The summed E-state index contributed by atoms with van der Waals surface area (Å²) in [6.45, 7) is 4.43. The van der Waals surface area contributed by atoms with Crippen molar-refractivity contribution in [3.8, 4) is 0 Å². The van der Waals surface area contributed by atoms with Gasteiger partial charge in [-0.3, -0.25) is 0 Å². The van der Waals surface area contributed by atoms with Crippen molar-refractivity contribution >= 4 is 13.6 Å². The van der Waals surface area contributed by atoms with Crippen molar-refractivity contribution in [3.05, 3.63) is 6.42 Å². The number of hydrogen-bond acceptors (Lipinski definition) is 0. The molecule has 0 aromatic heterocycles. The minimum absolute atomic E-state index is 1.19. The molecule has 0 aliphatic heterocycles. The van der Waals surface area contributed by atoms with Gasteiger partial charge in [0.2, 0.25) is 0 Å². The zero-order chi connectivity index (χ0) is 7.54. The van der Waals surface area contributed by atoms with Crippen LogP contribution in [0.15, 0.2) is 0 Å². The zero-order valence-corrected chi connectivity index (χ0v) is 11.0. The molecular weight excluding hydrogens is 229 g/mol. The summed E-state index contributed by atoms with van der Waals surface area (Å²) in [5.74, 6) is 0. The van der Waals surface area contributed by atoms with Gasteiger partial charge in [0.15, 0.2) is 0 Å². The van der Waals surface area contributed by atoms with E-state index in [0.717, 1.165) is 0 Å². The van der Waals surface area contributed by atoms with E-state index in [1.54, 1.807) is 0 Å². The molecule has 9 heavy (non-hydrogen) atoms. The Labute approximate surface area is 75.8 Å². The van der Waals surface area contributed by atoms with Crippen molar-refractivity contribution in [1.82, 2.24) is 0 Å². The first-order chi connectivity index (χ1) is 4.41. The van der Waals surface area contributed by atoms with Crippen LogP contribution in [0.4, 0.5) is 0 Å². The van der Waals surface area contributed by atoms with Crippen LogP contribution in [0.3, 0.4) is 0 Å². The molecule has 0 fully saturated rings. The molecule has 0 amide bonds. The van der Waals surface area contributed by atoms with E-state index in [4.69, 9.17) is 0 Å². The third kappa shape index (κ3) is 17.6. The molecule has 0 aromatic carbocycles. The van der Waals surface area contributed by atoms with E-state index in [9.17, 15) is 0 Å². The molecule has 52 valence electrons. The van der Waals surface area contributed by atoms with E-state index >= 15 is 0 Å². The number of halogens is 1. The van der Waals surface area contributed by atoms with Gasteiger partial charge in [-0.25, -0.2) is 0 Å². The molecule has 0 N–H and O–H groups in total. The second kappa shape index (κ2) is 16.0. The van der Waals surface area contributed by atoms with Gasteiger partial charge in [-0.2, -0.15) is 12.8 Å². The van der Waals surface area contributed by atoms with Gasteiger partial charge in [0, 0.05) is 0 Å². The van der Waals surface area contributed by atoms with Crippen molar-refractivity contribution < 1.29 is 16.3 Å². The van der Waals surface area contributed by atoms with Crippen molar-refractivity contribution in [1.29, 1.82) is 0 Å². The topological polar surface area (TPSA) is 0 Å². The van der Waals surface area contributed by atoms with Crippen molar-refractivity contribution in [2.75, 3.05) is 0 Å². The van der Waals surface area contributed by atoms with Gasteiger partial charge in [0.25, 0.3) is 0 Å². The van der Waals surface area contributed by atoms with Gasteiger partial charge in [0.1, 0.15) is 0 Å². The molecule has 2 heteroatoms. The van der Waals surface area contributed by atoms with Crippen molar-refractivity contribution in [2.24, 2.45) is 0 Å². The molecule has 0 rings (SSSR count). The van der Waals surface area contributed by atoms with E-state index in [1.807, 2.05) is 0 Å². The molecule has 0 aromatic rings. The van der Waals surface area contributed by atoms with E-state index in [0.29, 0.717) is 0 Å². The standard InChI is InChI=1S/C7H15.BrH.Zn/c1-3-5-7-6-4-2;;/h7H,3-6H2,1-2H3;1H;/q-1;;+2/p-1. The Hall–Kier alpha value is 1.10.